The Morgan fingerprint density at radius 2 is 2.09 bits per heavy atom. The molecule has 0 spiro atoms. The molecule has 7 heteroatoms. The Bertz CT molecular complexity index is 518. The van der Waals surface area contributed by atoms with Gasteiger partial charge in [0.25, 0.3) is 5.91 Å². The summed E-state index contributed by atoms with van der Waals surface area (Å²) in [4.78, 5) is 36.3. The molecule has 0 aliphatic carbocycles. The van der Waals surface area contributed by atoms with Gasteiger partial charge in [0.1, 0.15) is 5.69 Å². The smallest absolute Gasteiger partial charge is 0.271 e. The Kier molecular flexibility index (Phi) is 5.43. The highest BCUT2D eigenvalue weighted by Gasteiger charge is 2.36. The van der Waals surface area contributed by atoms with E-state index in [1.54, 1.807) is 0 Å². The lowest BCUT2D eigenvalue weighted by atomic mass is 10.1. The number of hydrogen-bond acceptors (Lipinski definition) is 5. The number of likely N-dealkylation sites (tertiary alicyclic amines) is 1. The lowest BCUT2D eigenvalue weighted by Gasteiger charge is -2.26. The third-order valence-electron chi connectivity index (χ3n) is 4.04. The molecule has 0 radical (unpaired) electrons. The average Bonchev–Trinajstić information content (AvgIpc) is 2.89. The highest BCUT2D eigenvalue weighted by Crippen LogP contribution is 2.18. The largest absolute Gasteiger partial charge is 0.347 e. The van der Waals surface area contributed by atoms with Gasteiger partial charge < -0.3 is 10.2 Å². The second kappa shape index (κ2) is 7.31. The van der Waals surface area contributed by atoms with Crippen molar-refractivity contribution in [1.82, 2.24) is 25.1 Å². The second-order valence-corrected chi connectivity index (χ2v) is 5.46. The van der Waals surface area contributed by atoms with Crippen LogP contribution in [0.1, 0.15) is 30.8 Å². The van der Waals surface area contributed by atoms with Crippen LogP contribution >= 0.6 is 0 Å². The molecule has 2 heterocycles. The zero-order valence-electron chi connectivity index (χ0n) is 13.3. The van der Waals surface area contributed by atoms with Gasteiger partial charge in [-0.15, -0.1) is 0 Å². The van der Waals surface area contributed by atoms with Crippen molar-refractivity contribution in [2.24, 2.45) is 0 Å². The van der Waals surface area contributed by atoms with E-state index in [0.717, 1.165) is 0 Å². The number of aromatic nitrogens is 2. The summed E-state index contributed by atoms with van der Waals surface area (Å²) in [5, 5.41) is 2.93. The third-order valence-corrected chi connectivity index (χ3v) is 4.04. The zero-order chi connectivity index (χ0) is 16.1. The number of amides is 2. The van der Waals surface area contributed by atoms with Crippen molar-refractivity contribution in [2.75, 3.05) is 26.7 Å². The van der Waals surface area contributed by atoms with E-state index < -0.39 is 0 Å². The topological polar surface area (TPSA) is 78.4 Å². The molecule has 2 amide bonds. The molecule has 2 atom stereocenters. The fourth-order valence-corrected chi connectivity index (χ4v) is 2.81. The second-order valence-electron chi connectivity index (χ2n) is 5.46. The predicted octanol–water partition coefficient (Wildman–Crippen LogP) is 0.148. The molecular formula is C15H23N5O2. The van der Waals surface area contributed by atoms with E-state index in [0.29, 0.717) is 31.7 Å². The molecule has 2 unspecified atom stereocenters. The zero-order valence-corrected chi connectivity index (χ0v) is 13.3. The van der Waals surface area contributed by atoms with Crippen molar-refractivity contribution in [3.05, 3.63) is 24.3 Å². The molecule has 2 rings (SSSR count). The minimum absolute atomic E-state index is 0.0518. The summed E-state index contributed by atoms with van der Waals surface area (Å²) >= 11 is 0. The molecule has 1 aliphatic rings. The van der Waals surface area contributed by atoms with Crippen LogP contribution < -0.4 is 5.32 Å². The summed E-state index contributed by atoms with van der Waals surface area (Å²) < 4.78 is 0. The summed E-state index contributed by atoms with van der Waals surface area (Å²) in [5.41, 5.74) is 0.295. The molecular weight excluding hydrogens is 282 g/mol. The maximum Gasteiger partial charge on any atom is 0.271 e. The number of likely N-dealkylation sites (N-methyl/N-ethyl adjacent to an activating group) is 2. The molecule has 22 heavy (non-hydrogen) atoms. The van der Waals surface area contributed by atoms with Crippen LogP contribution in [-0.4, -0.2) is 70.3 Å². The number of nitrogens with one attached hydrogen (secondary N) is 1. The minimum Gasteiger partial charge on any atom is -0.347 e. The maximum absolute atomic E-state index is 12.5. The van der Waals surface area contributed by atoms with Crippen LogP contribution in [0.4, 0.5) is 0 Å². The Morgan fingerprint density at radius 3 is 2.68 bits per heavy atom. The van der Waals surface area contributed by atoms with Crippen molar-refractivity contribution in [1.29, 1.82) is 0 Å². The molecule has 7 nitrogen and oxygen atoms in total. The first-order valence-corrected chi connectivity index (χ1v) is 7.62. The first-order valence-electron chi connectivity index (χ1n) is 7.62. The first kappa shape index (κ1) is 16.4. The fraction of sp³-hybridized carbons (Fsp3) is 0.600. The van der Waals surface area contributed by atoms with Gasteiger partial charge in [-0.3, -0.25) is 19.5 Å². The van der Waals surface area contributed by atoms with Crippen molar-refractivity contribution < 1.29 is 9.59 Å². The molecule has 120 valence electrons. The fourth-order valence-electron chi connectivity index (χ4n) is 2.81. The van der Waals surface area contributed by atoms with Crippen molar-refractivity contribution in [3.63, 3.8) is 0 Å². The SMILES string of the molecule is CCN(CC)C(=O)C1CC(NC(=O)c2cnccn2)CN1C. The maximum atomic E-state index is 12.5. The predicted molar refractivity (Wildman–Crippen MR) is 82.2 cm³/mol. The Balaban J connectivity index is 1.96. The van der Waals surface area contributed by atoms with Gasteiger partial charge in [0, 0.05) is 38.1 Å². The average molecular weight is 305 g/mol. The number of hydrogen-bond donors (Lipinski definition) is 1. The van der Waals surface area contributed by atoms with Gasteiger partial charge in [-0.25, -0.2) is 4.98 Å². The van der Waals surface area contributed by atoms with E-state index in [1.807, 2.05) is 30.7 Å². The van der Waals surface area contributed by atoms with E-state index in [1.165, 1.54) is 18.6 Å². The van der Waals surface area contributed by atoms with E-state index in [9.17, 15) is 9.59 Å². The van der Waals surface area contributed by atoms with Crippen LogP contribution in [0.2, 0.25) is 0 Å². The van der Waals surface area contributed by atoms with Crippen molar-refractivity contribution in [3.8, 4) is 0 Å². The van der Waals surface area contributed by atoms with Crippen LogP contribution in [0.15, 0.2) is 18.6 Å². The Labute approximate surface area is 130 Å². The summed E-state index contributed by atoms with van der Waals surface area (Å²) in [6.45, 7) is 6.02. The minimum atomic E-state index is -0.248. The molecule has 1 aliphatic heterocycles. The lowest BCUT2D eigenvalue weighted by Crippen LogP contribution is -2.44. The van der Waals surface area contributed by atoms with Gasteiger partial charge in [-0.2, -0.15) is 0 Å². The summed E-state index contributed by atoms with van der Waals surface area (Å²) in [5.74, 6) is -0.119. The first-order chi connectivity index (χ1) is 10.6. The van der Waals surface area contributed by atoms with Gasteiger partial charge in [-0.05, 0) is 27.3 Å². The highest BCUT2D eigenvalue weighted by molar-refractivity contribution is 5.92. The van der Waals surface area contributed by atoms with Gasteiger partial charge in [0.05, 0.1) is 12.2 Å². The van der Waals surface area contributed by atoms with E-state index in [2.05, 4.69) is 15.3 Å². The Hall–Kier alpha value is -2.02. The van der Waals surface area contributed by atoms with Gasteiger partial charge in [0.2, 0.25) is 5.91 Å². The quantitative estimate of drug-likeness (QED) is 0.837. The van der Waals surface area contributed by atoms with Crippen LogP contribution in [-0.2, 0) is 4.79 Å². The standard InChI is InChI=1S/C15H23N5O2/c1-4-20(5-2)15(22)13-8-11(10-19(13)3)18-14(21)12-9-16-6-7-17-12/h6-7,9,11,13H,4-5,8,10H2,1-3H3,(H,18,21). The third kappa shape index (κ3) is 3.59. The van der Waals surface area contributed by atoms with Crippen LogP contribution in [0.25, 0.3) is 0 Å². The molecule has 0 aromatic carbocycles. The highest BCUT2D eigenvalue weighted by atomic mass is 16.2. The number of carbonyl (C=O) groups is 2. The summed E-state index contributed by atoms with van der Waals surface area (Å²) in [6, 6.07) is -0.226. The van der Waals surface area contributed by atoms with Gasteiger partial charge in [-0.1, -0.05) is 0 Å². The molecule has 1 saturated heterocycles. The summed E-state index contributed by atoms with van der Waals surface area (Å²) in [7, 11) is 1.92. The van der Waals surface area contributed by atoms with Gasteiger partial charge in [0.15, 0.2) is 0 Å². The van der Waals surface area contributed by atoms with E-state index in [-0.39, 0.29) is 23.9 Å². The molecule has 0 bridgehead atoms. The van der Waals surface area contributed by atoms with Crippen LogP contribution in [0, 0.1) is 0 Å². The monoisotopic (exact) mass is 305 g/mol. The van der Waals surface area contributed by atoms with E-state index >= 15 is 0 Å². The summed E-state index contributed by atoms with van der Waals surface area (Å²) in [6.07, 6.45) is 5.08. The van der Waals surface area contributed by atoms with Crippen molar-refractivity contribution in [2.45, 2.75) is 32.4 Å². The number of rotatable bonds is 5. The normalized spacial score (nSPS) is 21.6. The number of carbonyl (C=O) groups excluding carboxylic acids is 2. The van der Waals surface area contributed by atoms with Crippen LogP contribution in [0.5, 0.6) is 0 Å². The van der Waals surface area contributed by atoms with Crippen molar-refractivity contribution >= 4 is 11.8 Å². The Morgan fingerprint density at radius 1 is 1.36 bits per heavy atom. The number of nitrogens with zero attached hydrogens (tertiary/aromatic N) is 4. The molecule has 1 N–H and O–H groups in total. The molecule has 1 fully saturated rings. The molecule has 1 aromatic heterocycles. The molecule has 1 aromatic rings. The van der Waals surface area contributed by atoms with E-state index in [4.69, 9.17) is 0 Å². The lowest BCUT2D eigenvalue weighted by molar-refractivity contribution is -0.135. The molecule has 0 saturated carbocycles. The van der Waals surface area contributed by atoms with Gasteiger partial charge >= 0.3 is 0 Å². The van der Waals surface area contributed by atoms with Crippen LogP contribution in [0.3, 0.4) is 0 Å².